The number of ether oxygens (including phenoxy) is 1. The number of aliphatic carboxylic acids is 1. The predicted octanol–water partition coefficient (Wildman–Crippen LogP) is 1.93. The molecule has 0 aliphatic heterocycles. The number of nitrogens with zero attached hydrogens (tertiary/aromatic N) is 3. The number of carboxylic acid groups (broad SMARTS) is 1. The molecule has 0 unspecified atom stereocenters. The molecule has 0 saturated heterocycles. The summed E-state index contributed by atoms with van der Waals surface area (Å²) in [6, 6.07) is 14.8. The number of aromatic nitrogens is 3. The average molecular weight is 367 g/mol. The van der Waals surface area contributed by atoms with Gasteiger partial charge in [-0.1, -0.05) is 42.0 Å². The maximum atomic E-state index is 10.6. The fourth-order valence-corrected chi connectivity index (χ4v) is 2.44. The van der Waals surface area contributed by atoms with Crippen LogP contribution >= 0.6 is 12.2 Å². The summed E-state index contributed by atoms with van der Waals surface area (Å²) in [6.07, 6.45) is 1.54. The standard InChI is InChI=1S/C18H16N4O3S/c1-12-6-8-13(9-7-12)17-20-21-18(26)22(17)19-10-14-4-2-3-5-15(14)25-11-16(23)24/h2-10H,11H2,1H3,(H,21,26)(H,23,24)/p-1/b19-10+. The number of aromatic amines is 1. The van der Waals surface area contributed by atoms with Crippen molar-refractivity contribution in [1.82, 2.24) is 14.9 Å². The molecule has 1 heterocycles. The number of carboxylic acids is 1. The molecule has 0 aliphatic rings. The Morgan fingerprint density at radius 2 is 2.04 bits per heavy atom. The highest BCUT2D eigenvalue weighted by molar-refractivity contribution is 7.71. The van der Waals surface area contributed by atoms with E-state index in [4.69, 9.17) is 17.0 Å². The number of H-pyrrole nitrogens is 1. The first-order chi connectivity index (χ1) is 12.5. The van der Waals surface area contributed by atoms with Crippen LogP contribution in [-0.2, 0) is 4.79 Å². The van der Waals surface area contributed by atoms with E-state index in [9.17, 15) is 9.90 Å². The zero-order valence-electron chi connectivity index (χ0n) is 13.9. The summed E-state index contributed by atoms with van der Waals surface area (Å²) in [4.78, 5) is 10.6. The third-order valence-corrected chi connectivity index (χ3v) is 3.80. The molecule has 7 nitrogen and oxygen atoms in total. The van der Waals surface area contributed by atoms with Gasteiger partial charge in [-0.15, -0.1) is 0 Å². The van der Waals surface area contributed by atoms with Crippen molar-refractivity contribution in [2.75, 3.05) is 6.61 Å². The molecule has 8 heteroatoms. The Hall–Kier alpha value is -3.26. The number of carbonyl (C=O) groups is 1. The number of benzene rings is 2. The van der Waals surface area contributed by atoms with Gasteiger partial charge in [0.1, 0.15) is 12.4 Å². The summed E-state index contributed by atoms with van der Waals surface area (Å²) in [6.45, 7) is 1.47. The van der Waals surface area contributed by atoms with Gasteiger partial charge in [0, 0.05) is 11.1 Å². The van der Waals surface area contributed by atoms with Crippen molar-refractivity contribution >= 4 is 24.4 Å². The number of rotatable bonds is 6. The summed E-state index contributed by atoms with van der Waals surface area (Å²) in [7, 11) is 0. The van der Waals surface area contributed by atoms with E-state index in [0.717, 1.165) is 11.1 Å². The lowest BCUT2D eigenvalue weighted by Crippen LogP contribution is -2.29. The van der Waals surface area contributed by atoms with Crippen LogP contribution < -0.4 is 9.84 Å². The van der Waals surface area contributed by atoms with E-state index in [1.807, 2.05) is 31.2 Å². The van der Waals surface area contributed by atoms with Crippen LogP contribution in [-0.4, -0.2) is 33.7 Å². The molecular formula is C18H15N4O3S-. The molecular weight excluding hydrogens is 352 g/mol. The fourth-order valence-electron chi connectivity index (χ4n) is 2.26. The molecule has 1 N–H and O–H groups in total. The molecule has 132 valence electrons. The summed E-state index contributed by atoms with van der Waals surface area (Å²) in [5.74, 6) is -0.345. The van der Waals surface area contributed by atoms with Crippen molar-refractivity contribution in [3.63, 3.8) is 0 Å². The lowest BCUT2D eigenvalue weighted by molar-refractivity contribution is -0.307. The van der Waals surface area contributed by atoms with E-state index in [2.05, 4.69) is 15.3 Å². The molecule has 0 spiro atoms. The first-order valence-corrected chi connectivity index (χ1v) is 8.16. The van der Waals surface area contributed by atoms with Gasteiger partial charge in [-0.05, 0) is 31.3 Å². The zero-order valence-corrected chi connectivity index (χ0v) is 14.7. The number of carbonyl (C=O) groups excluding carboxylic acids is 1. The van der Waals surface area contributed by atoms with E-state index in [-0.39, 0.29) is 0 Å². The van der Waals surface area contributed by atoms with Crippen molar-refractivity contribution in [2.45, 2.75) is 6.92 Å². The SMILES string of the molecule is Cc1ccc(-c2n[nH]c(=S)n2/N=C/c2ccccc2OCC(=O)[O-])cc1. The Morgan fingerprint density at radius 3 is 2.77 bits per heavy atom. The van der Waals surface area contributed by atoms with Gasteiger partial charge in [-0.25, -0.2) is 5.10 Å². The minimum Gasteiger partial charge on any atom is -0.546 e. The van der Waals surface area contributed by atoms with Gasteiger partial charge in [0.05, 0.1) is 12.2 Å². The summed E-state index contributed by atoms with van der Waals surface area (Å²) >= 11 is 5.25. The molecule has 26 heavy (non-hydrogen) atoms. The van der Waals surface area contributed by atoms with Crippen molar-refractivity contribution < 1.29 is 14.6 Å². The largest absolute Gasteiger partial charge is 0.546 e. The lowest BCUT2D eigenvalue weighted by Gasteiger charge is -2.09. The normalized spacial score (nSPS) is 11.0. The summed E-state index contributed by atoms with van der Waals surface area (Å²) in [5, 5.41) is 21.9. The highest BCUT2D eigenvalue weighted by Gasteiger charge is 2.08. The van der Waals surface area contributed by atoms with Gasteiger partial charge in [-0.3, -0.25) is 0 Å². The topological polar surface area (TPSA) is 95.3 Å². The number of para-hydroxylation sites is 1. The maximum Gasteiger partial charge on any atom is 0.216 e. The molecule has 0 bridgehead atoms. The first-order valence-electron chi connectivity index (χ1n) is 7.75. The average Bonchev–Trinajstić information content (AvgIpc) is 3.00. The van der Waals surface area contributed by atoms with Crippen LogP contribution in [0, 0.1) is 11.7 Å². The molecule has 0 radical (unpaired) electrons. The Balaban J connectivity index is 1.93. The molecule has 0 aliphatic carbocycles. The number of hydrogen-bond donors (Lipinski definition) is 1. The Morgan fingerprint density at radius 1 is 1.31 bits per heavy atom. The van der Waals surface area contributed by atoms with Crippen LogP contribution in [0.25, 0.3) is 11.4 Å². The van der Waals surface area contributed by atoms with Crippen molar-refractivity contribution in [1.29, 1.82) is 0 Å². The molecule has 2 aromatic carbocycles. The summed E-state index contributed by atoms with van der Waals surface area (Å²) in [5.41, 5.74) is 2.60. The molecule has 0 amide bonds. The van der Waals surface area contributed by atoms with E-state index < -0.39 is 12.6 Å². The van der Waals surface area contributed by atoms with Crippen LogP contribution in [0.15, 0.2) is 53.6 Å². The quantitative estimate of drug-likeness (QED) is 0.530. The molecule has 0 fully saturated rings. The molecule has 1 aromatic heterocycles. The van der Waals surface area contributed by atoms with Gasteiger partial charge < -0.3 is 14.6 Å². The highest BCUT2D eigenvalue weighted by Crippen LogP contribution is 2.19. The van der Waals surface area contributed by atoms with E-state index in [1.165, 1.54) is 10.9 Å². The predicted molar refractivity (Wildman–Crippen MR) is 97.5 cm³/mol. The molecule has 0 saturated carbocycles. The van der Waals surface area contributed by atoms with Crippen molar-refractivity contribution in [2.24, 2.45) is 5.10 Å². The maximum absolute atomic E-state index is 10.6. The lowest BCUT2D eigenvalue weighted by atomic mass is 10.1. The van der Waals surface area contributed by atoms with Crippen LogP contribution in [0.5, 0.6) is 5.75 Å². The molecule has 3 aromatic rings. The Bertz CT molecular complexity index is 1010. The van der Waals surface area contributed by atoms with Gasteiger partial charge in [0.2, 0.25) is 4.77 Å². The third-order valence-electron chi connectivity index (χ3n) is 3.54. The number of aryl methyl sites for hydroxylation is 1. The van der Waals surface area contributed by atoms with Gasteiger partial charge in [0.15, 0.2) is 5.82 Å². The fraction of sp³-hybridized carbons (Fsp3) is 0.111. The zero-order chi connectivity index (χ0) is 18.5. The second kappa shape index (κ2) is 7.75. The second-order valence-electron chi connectivity index (χ2n) is 5.47. The van der Waals surface area contributed by atoms with E-state index >= 15 is 0 Å². The number of hydrogen-bond acceptors (Lipinski definition) is 6. The summed E-state index contributed by atoms with van der Waals surface area (Å²) < 4.78 is 7.05. The van der Waals surface area contributed by atoms with E-state index in [0.29, 0.717) is 21.9 Å². The molecule has 3 rings (SSSR count). The van der Waals surface area contributed by atoms with Crippen LogP contribution in [0.3, 0.4) is 0 Å². The van der Waals surface area contributed by atoms with E-state index in [1.54, 1.807) is 24.3 Å². The highest BCUT2D eigenvalue weighted by atomic mass is 32.1. The monoisotopic (exact) mass is 367 g/mol. The van der Waals surface area contributed by atoms with Crippen LogP contribution in [0.1, 0.15) is 11.1 Å². The van der Waals surface area contributed by atoms with Gasteiger partial charge >= 0.3 is 0 Å². The van der Waals surface area contributed by atoms with Gasteiger partial charge in [-0.2, -0.15) is 14.9 Å². The Kier molecular flexibility index (Phi) is 5.23. The first kappa shape index (κ1) is 17.6. The minimum atomic E-state index is -1.30. The number of nitrogens with one attached hydrogen (secondary N) is 1. The third kappa shape index (κ3) is 4.04. The van der Waals surface area contributed by atoms with Crippen LogP contribution in [0.2, 0.25) is 0 Å². The Labute approximate surface area is 154 Å². The van der Waals surface area contributed by atoms with Crippen molar-refractivity contribution in [3.8, 4) is 17.1 Å². The van der Waals surface area contributed by atoms with Crippen LogP contribution in [0.4, 0.5) is 0 Å². The smallest absolute Gasteiger partial charge is 0.216 e. The minimum absolute atomic E-state index is 0.338. The second-order valence-corrected chi connectivity index (χ2v) is 5.86. The van der Waals surface area contributed by atoms with Gasteiger partial charge in [0.25, 0.3) is 0 Å². The van der Waals surface area contributed by atoms with Crippen molar-refractivity contribution in [3.05, 3.63) is 64.4 Å². The molecule has 0 atom stereocenters.